The molecular weight excluding hydrogens is 269 g/mol. The van der Waals surface area contributed by atoms with Crippen molar-refractivity contribution in [2.45, 2.75) is 37.7 Å². The van der Waals surface area contributed by atoms with Crippen LogP contribution in [0.3, 0.4) is 0 Å². The molecule has 0 unspecified atom stereocenters. The van der Waals surface area contributed by atoms with E-state index in [0.717, 1.165) is 25.3 Å². The molecule has 1 aromatic rings. The highest BCUT2D eigenvalue weighted by Crippen LogP contribution is 2.20. The molecule has 0 radical (unpaired) electrons. The van der Waals surface area contributed by atoms with Crippen LogP contribution in [0.15, 0.2) is 23.1 Å². The summed E-state index contributed by atoms with van der Waals surface area (Å²) in [5.41, 5.74) is 0.352. The van der Waals surface area contributed by atoms with Gasteiger partial charge in [-0.05, 0) is 24.1 Å². The van der Waals surface area contributed by atoms with Crippen LogP contribution < -0.4 is 0 Å². The first-order valence-electron chi connectivity index (χ1n) is 6.29. The molecule has 0 saturated heterocycles. The van der Waals surface area contributed by atoms with Gasteiger partial charge in [-0.25, -0.2) is 17.1 Å². The summed E-state index contributed by atoms with van der Waals surface area (Å²) in [5, 5.41) is 8.88. The second-order valence-corrected chi connectivity index (χ2v) is 6.47. The van der Waals surface area contributed by atoms with Crippen LogP contribution in [0.25, 0.3) is 0 Å². The minimum atomic E-state index is -3.80. The molecular formula is C13H20FNO3S. The van der Waals surface area contributed by atoms with Crippen LogP contribution >= 0.6 is 0 Å². The average Bonchev–Trinajstić information content (AvgIpc) is 2.38. The van der Waals surface area contributed by atoms with Gasteiger partial charge in [-0.3, -0.25) is 0 Å². The normalized spacial score (nSPS) is 12.1. The number of unbranched alkanes of at least 4 members (excludes halogenated alkanes) is 2. The Labute approximate surface area is 113 Å². The van der Waals surface area contributed by atoms with Crippen molar-refractivity contribution in [3.8, 4) is 0 Å². The van der Waals surface area contributed by atoms with E-state index in [0.29, 0.717) is 12.1 Å². The lowest BCUT2D eigenvalue weighted by Crippen LogP contribution is -2.28. The second-order valence-electron chi connectivity index (χ2n) is 4.46. The molecule has 0 atom stereocenters. The first kappa shape index (κ1) is 16.1. The fourth-order valence-electron chi connectivity index (χ4n) is 1.72. The molecule has 4 nitrogen and oxygen atoms in total. The molecule has 0 fully saturated rings. The highest BCUT2D eigenvalue weighted by Gasteiger charge is 2.24. The maximum Gasteiger partial charge on any atom is 0.245 e. The Kier molecular flexibility index (Phi) is 5.90. The van der Waals surface area contributed by atoms with Gasteiger partial charge in [0.2, 0.25) is 10.0 Å². The Bertz CT molecular complexity index is 517. The van der Waals surface area contributed by atoms with E-state index in [1.54, 1.807) is 0 Å². The van der Waals surface area contributed by atoms with Crippen molar-refractivity contribution >= 4 is 10.0 Å². The molecule has 0 aliphatic carbocycles. The van der Waals surface area contributed by atoms with Gasteiger partial charge < -0.3 is 5.11 Å². The Morgan fingerprint density at radius 3 is 2.53 bits per heavy atom. The summed E-state index contributed by atoms with van der Waals surface area (Å²) in [7, 11) is -2.35. The third-order valence-corrected chi connectivity index (χ3v) is 4.83. The Morgan fingerprint density at radius 1 is 1.32 bits per heavy atom. The molecule has 1 aromatic carbocycles. The summed E-state index contributed by atoms with van der Waals surface area (Å²) in [6, 6.07) is 3.66. The zero-order valence-electron chi connectivity index (χ0n) is 11.3. The minimum absolute atomic E-state index is 0.316. The molecule has 0 amide bonds. The number of nitrogens with zero attached hydrogens (tertiary/aromatic N) is 1. The van der Waals surface area contributed by atoms with E-state index in [1.165, 1.54) is 23.5 Å². The predicted molar refractivity (Wildman–Crippen MR) is 71.7 cm³/mol. The summed E-state index contributed by atoms with van der Waals surface area (Å²) in [5.74, 6) is -0.825. The monoisotopic (exact) mass is 289 g/mol. The molecule has 0 aromatic heterocycles. The molecule has 0 spiro atoms. The van der Waals surface area contributed by atoms with Gasteiger partial charge in [-0.1, -0.05) is 25.8 Å². The van der Waals surface area contributed by atoms with Crippen LogP contribution in [-0.4, -0.2) is 31.4 Å². The number of halogens is 1. The molecule has 0 heterocycles. The predicted octanol–water partition coefficient (Wildman–Crippen LogP) is 2.13. The van der Waals surface area contributed by atoms with Crippen LogP contribution in [0.1, 0.15) is 31.7 Å². The van der Waals surface area contributed by atoms with Crippen LogP contribution in [0.5, 0.6) is 0 Å². The smallest absolute Gasteiger partial charge is 0.245 e. The Morgan fingerprint density at radius 2 is 2.00 bits per heavy atom. The third kappa shape index (κ3) is 3.99. The average molecular weight is 289 g/mol. The number of rotatable bonds is 7. The zero-order valence-corrected chi connectivity index (χ0v) is 12.1. The molecule has 108 valence electrons. The topological polar surface area (TPSA) is 57.6 Å². The van der Waals surface area contributed by atoms with Crippen LogP contribution in [0.4, 0.5) is 4.39 Å². The first-order valence-corrected chi connectivity index (χ1v) is 7.73. The second kappa shape index (κ2) is 6.98. The molecule has 1 N–H and O–H groups in total. The lowest BCUT2D eigenvalue weighted by atomic mass is 10.2. The van der Waals surface area contributed by atoms with Crippen molar-refractivity contribution in [3.05, 3.63) is 29.6 Å². The van der Waals surface area contributed by atoms with Gasteiger partial charge >= 0.3 is 0 Å². The summed E-state index contributed by atoms with van der Waals surface area (Å²) < 4.78 is 39.3. The number of aliphatic hydroxyl groups is 1. The highest BCUT2D eigenvalue weighted by molar-refractivity contribution is 7.89. The number of hydrogen-bond donors (Lipinski definition) is 1. The summed E-state index contributed by atoms with van der Waals surface area (Å²) >= 11 is 0. The molecule has 0 bridgehead atoms. The van der Waals surface area contributed by atoms with E-state index in [2.05, 4.69) is 0 Å². The van der Waals surface area contributed by atoms with Gasteiger partial charge in [0.25, 0.3) is 0 Å². The van der Waals surface area contributed by atoms with E-state index in [9.17, 15) is 12.8 Å². The lowest BCUT2D eigenvalue weighted by molar-refractivity contribution is 0.281. The number of aliphatic hydroxyl groups excluding tert-OH is 1. The fraction of sp³-hybridized carbons (Fsp3) is 0.538. The van der Waals surface area contributed by atoms with Gasteiger partial charge in [-0.15, -0.1) is 0 Å². The number of benzene rings is 1. The Hall–Kier alpha value is -0.980. The quantitative estimate of drug-likeness (QED) is 0.782. The first-order chi connectivity index (χ1) is 8.93. The van der Waals surface area contributed by atoms with Crippen molar-refractivity contribution in [1.82, 2.24) is 4.31 Å². The van der Waals surface area contributed by atoms with Crippen LogP contribution in [-0.2, 0) is 16.6 Å². The van der Waals surface area contributed by atoms with Crippen molar-refractivity contribution < 1.29 is 17.9 Å². The standard InChI is InChI=1S/C13H20FNO3S/c1-3-4-5-8-15(2)19(17,18)13-7-6-11(10-16)9-12(13)14/h6-7,9,16H,3-5,8,10H2,1-2H3. The van der Waals surface area contributed by atoms with E-state index >= 15 is 0 Å². The van der Waals surface area contributed by atoms with Gasteiger partial charge in [0.1, 0.15) is 10.7 Å². The van der Waals surface area contributed by atoms with Gasteiger partial charge in [-0.2, -0.15) is 0 Å². The SMILES string of the molecule is CCCCCN(C)S(=O)(=O)c1ccc(CO)cc1F. The van der Waals surface area contributed by atoms with Crippen molar-refractivity contribution in [1.29, 1.82) is 0 Å². The maximum absolute atomic E-state index is 13.8. The van der Waals surface area contributed by atoms with Crippen molar-refractivity contribution in [2.75, 3.05) is 13.6 Å². The van der Waals surface area contributed by atoms with Gasteiger partial charge in [0.15, 0.2) is 0 Å². The lowest BCUT2D eigenvalue weighted by Gasteiger charge is -2.17. The molecule has 0 saturated carbocycles. The van der Waals surface area contributed by atoms with E-state index in [-0.39, 0.29) is 11.5 Å². The largest absolute Gasteiger partial charge is 0.392 e. The van der Waals surface area contributed by atoms with E-state index in [1.807, 2.05) is 6.92 Å². The van der Waals surface area contributed by atoms with Gasteiger partial charge in [0.05, 0.1) is 6.61 Å². The van der Waals surface area contributed by atoms with Crippen molar-refractivity contribution in [2.24, 2.45) is 0 Å². The van der Waals surface area contributed by atoms with Crippen LogP contribution in [0, 0.1) is 5.82 Å². The van der Waals surface area contributed by atoms with E-state index < -0.39 is 15.8 Å². The summed E-state index contributed by atoms with van der Waals surface area (Å²) in [6.07, 6.45) is 2.68. The van der Waals surface area contributed by atoms with Crippen LogP contribution in [0.2, 0.25) is 0 Å². The Balaban J connectivity index is 2.93. The molecule has 6 heteroatoms. The molecule has 1 rings (SSSR count). The third-order valence-electron chi connectivity index (χ3n) is 2.94. The minimum Gasteiger partial charge on any atom is -0.392 e. The summed E-state index contributed by atoms with van der Waals surface area (Å²) in [4.78, 5) is -0.344. The molecule has 19 heavy (non-hydrogen) atoms. The van der Waals surface area contributed by atoms with E-state index in [4.69, 9.17) is 5.11 Å². The fourth-order valence-corrected chi connectivity index (χ4v) is 2.98. The molecule has 0 aliphatic heterocycles. The number of sulfonamides is 1. The van der Waals surface area contributed by atoms with Gasteiger partial charge in [0, 0.05) is 13.6 Å². The molecule has 0 aliphatic rings. The van der Waals surface area contributed by atoms with Crippen molar-refractivity contribution in [3.63, 3.8) is 0 Å². The zero-order chi connectivity index (χ0) is 14.5. The summed E-state index contributed by atoms with van der Waals surface area (Å²) in [6.45, 7) is 2.09. The highest BCUT2D eigenvalue weighted by atomic mass is 32.2. The number of hydrogen-bond acceptors (Lipinski definition) is 3. The maximum atomic E-state index is 13.8.